The SMILES string of the molecule is Nc1ncnn2c3c(c(-c4cnc5ccccc5c4)c12)CCC3. The summed E-state index contributed by atoms with van der Waals surface area (Å²) in [4.78, 5) is 8.80. The van der Waals surface area contributed by atoms with Crippen molar-refractivity contribution in [1.82, 2.24) is 19.6 Å². The number of hydrogen-bond acceptors (Lipinski definition) is 4. The van der Waals surface area contributed by atoms with Crippen LogP contribution in [0.2, 0.25) is 0 Å². The zero-order chi connectivity index (χ0) is 15.4. The highest BCUT2D eigenvalue weighted by Crippen LogP contribution is 2.39. The van der Waals surface area contributed by atoms with Gasteiger partial charge in [0.05, 0.1) is 5.52 Å². The van der Waals surface area contributed by atoms with Crippen LogP contribution >= 0.6 is 0 Å². The van der Waals surface area contributed by atoms with Crippen LogP contribution in [0.25, 0.3) is 27.5 Å². The van der Waals surface area contributed by atoms with Crippen molar-refractivity contribution in [2.75, 3.05) is 5.73 Å². The zero-order valence-corrected chi connectivity index (χ0v) is 12.5. The monoisotopic (exact) mass is 301 g/mol. The number of rotatable bonds is 1. The summed E-state index contributed by atoms with van der Waals surface area (Å²) in [5.41, 5.74) is 12.9. The van der Waals surface area contributed by atoms with E-state index < -0.39 is 0 Å². The Morgan fingerprint density at radius 3 is 2.96 bits per heavy atom. The van der Waals surface area contributed by atoms with Gasteiger partial charge < -0.3 is 5.73 Å². The average Bonchev–Trinajstić information content (AvgIpc) is 3.16. The van der Waals surface area contributed by atoms with Gasteiger partial charge in [-0.3, -0.25) is 4.98 Å². The number of aryl methyl sites for hydroxylation is 1. The van der Waals surface area contributed by atoms with Gasteiger partial charge in [-0.1, -0.05) is 18.2 Å². The van der Waals surface area contributed by atoms with Crippen molar-refractivity contribution in [2.24, 2.45) is 0 Å². The molecule has 0 radical (unpaired) electrons. The van der Waals surface area contributed by atoms with E-state index in [-0.39, 0.29) is 0 Å². The number of aromatic nitrogens is 4. The molecular weight excluding hydrogens is 286 g/mol. The molecule has 23 heavy (non-hydrogen) atoms. The Morgan fingerprint density at radius 1 is 1.09 bits per heavy atom. The number of benzene rings is 1. The fraction of sp³-hybridized carbons (Fsp3) is 0.167. The molecule has 0 saturated heterocycles. The fourth-order valence-electron chi connectivity index (χ4n) is 3.70. The highest BCUT2D eigenvalue weighted by Gasteiger charge is 2.25. The van der Waals surface area contributed by atoms with Gasteiger partial charge in [0, 0.05) is 28.4 Å². The summed E-state index contributed by atoms with van der Waals surface area (Å²) in [6.45, 7) is 0. The van der Waals surface area contributed by atoms with Crippen LogP contribution in [0, 0.1) is 0 Å². The van der Waals surface area contributed by atoms with Crippen LogP contribution in [-0.2, 0) is 12.8 Å². The van der Waals surface area contributed by atoms with E-state index in [0.717, 1.165) is 46.8 Å². The van der Waals surface area contributed by atoms with Gasteiger partial charge in [0.15, 0.2) is 5.82 Å². The van der Waals surface area contributed by atoms with E-state index in [9.17, 15) is 0 Å². The van der Waals surface area contributed by atoms with Crippen molar-refractivity contribution in [3.63, 3.8) is 0 Å². The number of nitrogen functional groups attached to an aromatic ring is 1. The van der Waals surface area contributed by atoms with E-state index in [1.807, 2.05) is 28.9 Å². The van der Waals surface area contributed by atoms with Crippen molar-refractivity contribution in [3.8, 4) is 11.1 Å². The van der Waals surface area contributed by atoms with Crippen LogP contribution in [0.4, 0.5) is 5.82 Å². The maximum atomic E-state index is 6.18. The number of para-hydroxylation sites is 1. The molecule has 112 valence electrons. The lowest BCUT2D eigenvalue weighted by Gasteiger charge is -2.06. The van der Waals surface area contributed by atoms with Crippen molar-refractivity contribution in [1.29, 1.82) is 0 Å². The van der Waals surface area contributed by atoms with Gasteiger partial charge in [0.25, 0.3) is 0 Å². The first kappa shape index (κ1) is 12.6. The topological polar surface area (TPSA) is 69.1 Å². The molecule has 2 N–H and O–H groups in total. The lowest BCUT2D eigenvalue weighted by Crippen LogP contribution is -2.01. The standard InChI is InChI=1S/C18H15N5/c19-18-17-16(12-8-11-4-1-2-6-14(11)20-9-12)13-5-3-7-15(13)23(17)22-10-21-18/h1-2,4,6,8-10H,3,5,7H2,(H2,19,21,22). The third kappa shape index (κ3) is 1.70. The van der Waals surface area contributed by atoms with E-state index in [1.165, 1.54) is 17.6 Å². The molecule has 1 aromatic carbocycles. The average molecular weight is 301 g/mol. The molecule has 0 saturated carbocycles. The van der Waals surface area contributed by atoms with Gasteiger partial charge in [-0.25, -0.2) is 9.50 Å². The third-order valence-corrected chi connectivity index (χ3v) is 4.68. The van der Waals surface area contributed by atoms with Crippen LogP contribution in [-0.4, -0.2) is 19.6 Å². The summed E-state index contributed by atoms with van der Waals surface area (Å²) in [7, 11) is 0. The predicted octanol–water partition coefficient (Wildman–Crippen LogP) is 3.02. The lowest BCUT2D eigenvalue weighted by atomic mass is 10.0. The van der Waals surface area contributed by atoms with Crippen molar-refractivity contribution in [2.45, 2.75) is 19.3 Å². The summed E-state index contributed by atoms with van der Waals surface area (Å²) in [6.07, 6.45) is 6.71. The van der Waals surface area contributed by atoms with Crippen molar-refractivity contribution >= 4 is 22.2 Å². The third-order valence-electron chi connectivity index (χ3n) is 4.68. The maximum absolute atomic E-state index is 6.18. The molecule has 0 unspecified atom stereocenters. The Balaban J connectivity index is 1.88. The Morgan fingerprint density at radius 2 is 2.00 bits per heavy atom. The second-order valence-corrected chi connectivity index (χ2v) is 5.98. The highest BCUT2D eigenvalue weighted by atomic mass is 15.3. The second-order valence-electron chi connectivity index (χ2n) is 5.98. The minimum Gasteiger partial charge on any atom is -0.382 e. The molecule has 0 spiro atoms. The lowest BCUT2D eigenvalue weighted by molar-refractivity contribution is 0.818. The van der Waals surface area contributed by atoms with Gasteiger partial charge in [-0.2, -0.15) is 5.10 Å². The first-order valence-electron chi connectivity index (χ1n) is 7.81. The van der Waals surface area contributed by atoms with Crippen LogP contribution < -0.4 is 5.73 Å². The van der Waals surface area contributed by atoms with E-state index in [2.05, 4.69) is 27.2 Å². The quantitative estimate of drug-likeness (QED) is 0.587. The van der Waals surface area contributed by atoms with Gasteiger partial charge in [0.1, 0.15) is 11.8 Å². The van der Waals surface area contributed by atoms with E-state index in [4.69, 9.17) is 5.73 Å². The van der Waals surface area contributed by atoms with Gasteiger partial charge in [0.2, 0.25) is 0 Å². The second kappa shape index (κ2) is 4.52. The number of nitrogens with two attached hydrogens (primary N) is 1. The summed E-state index contributed by atoms with van der Waals surface area (Å²) < 4.78 is 1.97. The molecule has 3 heterocycles. The number of fused-ring (bicyclic) bond motifs is 4. The summed E-state index contributed by atoms with van der Waals surface area (Å²) in [6, 6.07) is 10.3. The van der Waals surface area contributed by atoms with Crippen LogP contribution in [0.5, 0.6) is 0 Å². The van der Waals surface area contributed by atoms with Gasteiger partial charge in [-0.15, -0.1) is 0 Å². The minimum atomic E-state index is 0.526. The minimum absolute atomic E-state index is 0.526. The van der Waals surface area contributed by atoms with Crippen LogP contribution in [0.15, 0.2) is 42.9 Å². The largest absolute Gasteiger partial charge is 0.382 e. The Kier molecular flexibility index (Phi) is 2.47. The van der Waals surface area contributed by atoms with Crippen LogP contribution in [0.3, 0.4) is 0 Å². The van der Waals surface area contributed by atoms with E-state index in [0.29, 0.717) is 5.82 Å². The number of nitrogens with zero attached hydrogens (tertiary/aromatic N) is 4. The summed E-state index contributed by atoms with van der Waals surface area (Å²) in [5, 5.41) is 5.56. The molecule has 0 aliphatic heterocycles. The maximum Gasteiger partial charge on any atom is 0.151 e. The smallest absolute Gasteiger partial charge is 0.151 e. The first-order chi connectivity index (χ1) is 11.3. The highest BCUT2D eigenvalue weighted by molar-refractivity contribution is 5.94. The Bertz CT molecular complexity index is 1060. The molecule has 0 atom stereocenters. The van der Waals surface area contributed by atoms with Crippen molar-refractivity contribution < 1.29 is 0 Å². The number of anilines is 1. The molecule has 0 amide bonds. The van der Waals surface area contributed by atoms with Crippen molar-refractivity contribution in [3.05, 3.63) is 54.1 Å². The predicted molar refractivity (Wildman–Crippen MR) is 90.2 cm³/mol. The Hall–Kier alpha value is -2.95. The summed E-state index contributed by atoms with van der Waals surface area (Å²) >= 11 is 0. The molecule has 1 aliphatic carbocycles. The summed E-state index contributed by atoms with van der Waals surface area (Å²) in [5.74, 6) is 0.526. The number of hydrogen-bond donors (Lipinski definition) is 1. The molecule has 0 fully saturated rings. The normalized spacial score (nSPS) is 13.7. The first-order valence-corrected chi connectivity index (χ1v) is 7.81. The fourth-order valence-corrected chi connectivity index (χ4v) is 3.70. The number of pyridine rings is 1. The zero-order valence-electron chi connectivity index (χ0n) is 12.5. The molecule has 5 heteroatoms. The van der Waals surface area contributed by atoms with Gasteiger partial charge in [-0.05, 0) is 37.0 Å². The van der Waals surface area contributed by atoms with E-state index >= 15 is 0 Å². The molecule has 5 nitrogen and oxygen atoms in total. The van der Waals surface area contributed by atoms with Crippen LogP contribution in [0.1, 0.15) is 17.7 Å². The molecule has 4 aromatic rings. The molecule has 0 bridgehead atoms. The molecule has 1 aliphatic rings. The molecular formula is C18H15N5. The van der Waals surface area contributed by atoms with Gasteiger partial charge >= 0.3 is 0 Å². The molecule has 5 rings (SSSR count). The molecule has 3 aromatic heterocycles. The van der Waals surface area contributed by atoms with E-state index in [1.54, 1.807) is 0 Å². The Labute approximate surface area is 132 Å².